The van der Waals surface area contributed by atoms with E-state index in [2.05, 4.69) is 41.8 Å². The molecule has 41 heavy (non-hydrogen) atoms. The highest BCUT2D eigenvalue weighted by atomic mass is 16.6. The number of esters is 1. The zero-order chi connectivity index (χ0) is 28.4. The van der Waals surface area contributed by atoms with Gasteiger partial charge in [0.15, 0.2) is 0 Å². The van der Waals surface area contributed by atoms with E-state index in [1.54, 1.807) is 13.0 Å². The largest absolute Gasteiger partial charge is 0.487 e. The van der Waals surface area contributed by atoms with Crippen molar-refractivity contribution < 1.29 is 19.1 Å². The van der Waals surface area contributed by atoms with E-state index in [0.717, 1.165) is 56.0 Å². The van der Waals surface area contributed by atoms with Gasteiger partial charge < -0.3 is 14.4 Å². The number of hydrogen-bond acceptors (Lipinski definition) is 5. The van der Waals surface area contributed by atoms with Crippen LogP contribution in [0.15, 0.2) is 54.6 Å². The second-order valence-corrected chi connectivity index (χ2v) is 13.4. The summed E-state index contributed by atoms with van der Waals surface area (Å²) in [4.78, 5) is 31.6. The predicted molar refractivity (Wildman–Crippen MR) is 158 cm³/mol. The monoisotopic (exact) mass is 554 g/mol. The van der Waals surface area contributed by atoms with E-state index in [1.165, 1.54) is 24.0 Å². The van der Waals surface area contributed by atoms with Crippen molar-refractivity contribution in [2.75, 3.05) is 19.6 Å². The van der Waals surface area contributed by atoms with Gasteiger partial charge in [-0.3, -0.25) is 14.5 Å². The Labute approximate surface area is 243 Å². The van der Waals surface area contributed by atoms with Crippen LogP contribution in [0.2, 0.25) is 0 Å². The third-order valence-corrected chi connectivity index (χ3v) is 10.4. The quantitative estimate of drug-likeness (QED) is 0.324. The summed E-state index contributed by atoms with van der Waals surface area (Å²) in [5.41, 5.74) is 2.46. The van der Waals surface area contributed by atoms with Gasteiger partial charge in [-0.05, 0) is 80.2 Å². The molecule has 2 saturated carbocycles. The minimum atomic E-state index is -0.654. The standard InChI is InChI=1S/C35H42N2O4/c1-23(2)21-37(31(39)15-14-25-8-5-4-6-9-25)28-16-17-35(41-24(3)38)30-20-27-10-7-11-29-32(27)34(35,33(28)40-29)18-19-36(30)22-26-12-13-26/h4-11,14-15,23,26,28,30,33H,12-13,16-22H2,1-3H3/t28-,30-,33+,34+,35-/m1/s1. The molecule has 2 aromatic rings. The van der Waals surface area contributed by atoms with Crippen LogP contribution in [0, 0.1) is 11.8 Å². The summed E-state index contributed by atoms with van der Waals surface area (Å²) in [5, 5.41) is 0. The van der Waals surface area contributed by atoms with Crippen molar-refractivity contribution in [1.29, 1.82) is 0 Å². The molecule has 2 heterocycles. The third kappa shape index (κ3) is 4.24. The number of rotatable bonds is 8. The average Bonchev–Trinajstić information content (AvgIpc) is 3.70. The van der Waals surface area contributed by atoms with Crippen LogP contribution >= 0.6 is 0 Å². The van der Waals surface area contributed by atoms with Crippen LogP contribution in [0.1, 0.15) is 69.6 Å². The Hall–Kier alpha value is -3.12. The first kappa shape index (κ1) is 26.8. The van der Waals surface area contributed by atoms with E-state index in [9.17, 15) is 9.59 Å². The SMILES string of the molecule is CC(=O)O[C@@]12CC[C@@H](N(CC(C)C)C(=O)C=Cc3ccccc3)[C@@H]3Oc4cccc5c4[C@@]31CCN(CC1CC1)[C@@H]2C5. The number of benzene rings is 2. The van der Waals surface area contributed by atoms with E-state index in [1.807, 2.05) is 36.4 Å². The molecule has 1 saturated heterocycles. The molecule has 6 nitrogen and oxygen atoms in total. The third-order valence-electron chi connectivity index (χ3n) is 10.4. The highest BCUT2D eigenvalue weighted by Crippen LogP contribution is 2.66. The van der Waals surface area contributed by atoms with Gasteiger partial charge in [-0.25, -0.2) is 0 Å². The van der Waals surface area contributed by atoms with Crippen molar-refractivity contribution in [2.24, 2.45) is 11.8 Å². The summed E-state index contributed by atoms with van der Waals surface area (Å²) in [7, 11) is 0. The Kier molecular flexibility index (Phi) is 6.53. The molecular formula is C35H42N2O4. The topological polar surface area (TPSA) is 59.1 Å². The van der Waals surface area contributed by atoms with Crippen LogP contribution in [0.5, 0.6) is 5.75 Å². The maximum absolute atomic E-state index is 14.0. The van der Waals surface area contributed by atoms with Crippen LogP contribution in [-0.4, -0.2) is 65.1 Å². The van der Waals surface area contributed by atoms with Crippen LogP contribution < -0.4 is 4.74 Å². The number of amides is 1. The molecule has 2 bridgehead atoms. The van der Waals surface area contributed by atoms with Crippen molar-refractivity contribution in [3.63, 3.8) is 0 Å². The van der Waals surface area contributed by atoms with Gasteiger partial charge in [0.2, 0.25) is 5.91 Å². The molecule has 6 heteroatoms. The summed E-state index contributed by atoms with van der Waals surface area (Å²) in [6.45, 7) is 8.60. The molecule has 2 aromatic carbocycles. The van der Waals surface area contributed by atoms with Crippen molar-refractivity contribution in [2.45, 2.75) is 88.5 Å². The average molecular weight is 555 g/mol. The van der Waals surface area contributed by atoms with Crippen molar-refractivity contribution in [3.05, 3.63) is 71.3 Å². The summed E-state index contributed by atoms with van der Waals surface area (Å²) in [5.74, 6) is 1.78. The van der Waals surface area contributed by atoms with Gasteiger partial charge in [0.25, 0.3) is 0 Å². The molecular weight excluding hydrogens is 512 g/mol. The Morgan fingerprint density at radius 1 is 1.10 bits per heavy atom. The van der Waals surface area contributed by atoms with Crippen molar-refractivity contribution >= 4 is 18.0 Å². The molecule has 0 N–H and O–H groups in total. The summed E-state index contributed by atoms with van der Waals surface area (Å²) in [6.07, 6.45) is 9.20. The Balaban J connectivity index is 1.31. The molecule has 5 aliphatic rings. The summed E-state index contributed by atoms with van der Waals surface area (Å²) < 4.78 is 13.6. The molecule has 1 spiro atoms. The van der Waals surface area contributed by atoms with Gasteiger partial charge >= 0.3 is 5.97 Å². The zero-order valence-electron chi connectivity index (χ0n) is 24.6. The van der Waals surface area contributed by atoms with Gasteiger partial charge in [0, 0.05) is 31.7 Å². The zero-order valence-corrected chi connectivity index (χ0v) is 24.6. The fourth-order valence-corrected chi connectivity index (χ4v) is 8.79. The molecule has 216 valence electrons. The van der Waals surface area contributed by atoms with Gasteiger partial charge in [-0.2, -0.15) is 0 Å². The lowest BCUT2D eigenvalue weighted by molar-refractivity contribution is -0.224. The number of ether oxygens (including phenoxy) is 2. The Morgan fingerprint density at radius 2 is 1.90 bits per heavy atom. The van der Waals surface area contributed by atoms with E-state index < -0.39 is 11.0 Å². The predicted octanol–water partition coefficient (Wildman–Crippen LogP) is 5.39. The van der Waals surface area contributed by atoms with Crippen LogP contribution in [0.3, 0.4) is 0 Å². The Bertz CT molecular complexity index is 1370. The maximum atomic E-state index is 14.0. The molecule has 3 fully saturated rings. The number of piperidine rings is 1. The van der Waals surface area contributed by atoms with Gasteiger partial charge in [-0.1, -0.05) is 56.3 Å². The molecule has 3 aliphatic carbocycles. The minimum absolute atomic E-state index is 0.0160. The van der Waals surface area contributed by atoms with E-state index in [-0.39, 0.29) is 30.1 Å². The smallest absolute Gasteiger partial charge is 0.303 e. The minimum Gasteiger partial charge on any atom is -0.487 e. The van der Waals surface area contributed by atoms with Crippen LogP contribution in [0.4, 0.5) is 0 Å². The fourth-order valence-electron chi connectivity index (χ4n) is 8.79. The number of hydrogen-bond donors (Lipinski definition) is 0. The number of carbonyl (C=O) groups excluding carboxylic acids is 2. The van der Waals surface area contributed by atoms with Gasteiger partial charge in [0.05, 0.1) is 17.5 Å². The van der Waals surface area contributed by atoms with Gasteiger partial charge in [-0.15, -0.1) is 0 Å². The lowest BCUT2D eigenvalue weighted by Gasteiger charge is -2.65. The van der Waals surface area contributed by atoms with Crippen LogP contribution in [-0.2, 0) is 26.2 Å². The molecule has 7 rings (SSSR count). The van der Waals surface area contributed by atoms with Crippen LogP contribution in [0.25, 0.3) is 6.08 Å². The molecule has 5 atom stereocenters. The number of carbonyl (C=O) groups is 2. The lowest BCUT2D eigenvalue weighted by atomic mass is 9.48. The highest BCUT2D eigenvalue weighted by molar-refractivity contribution is 5.92. The second kappa shape index (κ2) is 10.0. The molecule has 0 aromatic heterocycles. The van der Waals surface area contributed by atoms with Gasteiger partial charge in [0.1, 0.15) is 17.5 Å². The van der Waals surface area contributed by atoms with Crippen molar-refractivity contribution in [3.8, 4) is 5.75 Å². The first-order chi connectivity index (χ1) is 19.8. The number of nitrogens with zero attached hydrogens (tertiary/aromatic N) is 2. The lowest BCUT2D eigenvalue weighted by Crippen LogP contribution is -2.79. The molecule has 0 unspecified atom stereocenters. The first-order valence-electron chi connectivity index (χ1n) is 15.6. The molecule has 1 amide bonds. The normalized spacial score (nSPS) is 31.6. The molecule has 0 radical (unpaired) electrons. The second-order valence-electron chi connectivity index (χ2n) is 13.4. The summed E-state index contributed by atoms with van der Waals surface area (Å²) in [6, 6.07) is 16.4. The fraction of sp³-hybridized carbons (Fsp3) is 0.543. The summed E-state index contributed by atoms with van der Waals surface area (Å²) >= 11 is 0. The van der Waals surface area contributed by atoms with E-state index in [4.69, 9.17) is 9.47 Å². The van der Waals surface area contributed by atoms with Crippen molar-refractivity contribution in [1.82, 2.24) is 9.80 Å². The molecule has 2 aliphatic heterocycles. The highest BCUT2D eigenvalue weighted by Gasteiger charge is 2.75. The van der Waals surface area contributed by atoms with E-state index in [0.29, 0.717) is 12.5 Å². The first-order valence-corrected chi connectivity index (χ1v) is 15.6. The maximum Gasteiger partial charge on any atom is 0.303 e. The Morgan fingerprint density at radius 3 is 2.63 bits per heavy atom. The number of likely N-dealkylation sites (tertiary alicyclic amines) is 1. The van der Waals surface area contributed by atoms with E-state index >= 15 is 0 Å².